The maximum absolute atomic E-state index is 13.0. The van der Waals surface area contributed by atoms with Crippen LogP contribution in [-0.4, -0.2) is 34.5 Å². The highest BCUT2D eigenvalue weighted by atomic mass is 35.5. The van der Waals surface area contributed by atoms with Gasteiger partial charge >= 0.3 is 12.4 Å². The monoisotopic (exact) mass is 562 g/mol. The molecule has 0 radical (unpaired) electrons. The van der Waals surface area contributed by atoms with Gasteiger partial charge in [-0.2, -0.15) is 31.1 Å². The Labute approximate surface area is 202 Å². The summed E-state index contributed by atoms with van der Waals surface area (Å²) in [5.41, 5.74) is -1.70. The fourth-order valence-corrected chi connectivity index (χ4v) is 4.00. The summed E-state index contributed by atoms with van der Waals surface area (Å²) < 4.78 is 102. The minimum absolute atomic E-state index is 0.00595. The smallest absolute Gasteiger partial charge is 0.276 e. The molecule has 3 rings (SSSR count). The third-order valence-corrected chi connectivity index (χ3v) is 5.72. The van der Waals surface area contributed by atoms with E-state index in [1.165, 1.54) is 23.0 Å². The number of carbonyl (C=O) groups excluding carboxylic acids is 1. The van der Waals surface area contributed by atoms with Crippen LogP contribution < -0.4 is 10.3 Å². The number of nitrogens with zero attached hydrogens (tertiary/aromatic N) is 4. The first-order chi connectivity index (χ1) is 16.0. The lowest BCUT2D eigenvalue weighted by Gasteiger charge is -2.15. The number of carbonyl (C=O) groups is 1. The quantitative estimate of drug-likeness (QED) is 0.349. The molecule has 0 unspecified atom stereocenters. The summed E-state index contributed by atoms with van der Waals surface area (Å²) in [4.78, 5) is 12.8. The molecule has 0 atom stereocenters. The molecule has 1 heterocycles. The summed E-state index contributed by atoms with van der Waals surface area (Å²) in [5.74, 6) is -1.11. The number of benzene rings is 2. The third-order valence-electron chi connectivity index (χ3n) is 4.05. The van der Waals surface area contributed by atoms with Gasteiger partial charge in [-0.05, 0) is 41.6 Å². The van der Waals surface area contributed by atoms with Gasteiger partial charge in [0.1, 0.15) is 6.54 Å². The molecule has 0 spiro atoms. The second kappa shape index (κ2) is 9.60. The van der Waals surface area contributed by atoms with Crippen LogP contribution in [0, 0.1) is 0 Å². The molecule has 0 aliphatic rings. The number of amides is 1. The molecule has 3 aromatic rings. The Bertz CT molecular complexity index is 1320. The summed E-state index contributed by atoms with van der Waals surface area (Å²) in [6.45, 7) is -0.722. The molecular formula is C17H10Cl2F6N6O3S. The molecule has 35 heavy (non-hydrogen) atoms. The number of sulfonamides is 1. The van der Waals surface area contributed by atoms with Gasteiger partial charge < -0.3 is 0 Å². The molecule has 0 aliphatic carbocycles. The van der Waals surface area contributed by atoms with Crippen molar-refractivity contribution in [3.8, 4) is 11.4 Å². The molecule has 0 saturated heterocycles. The first-order valence-electron chi connectivity index (χ1n) is 8.89. The van der Waals surface area contributed by atoms with Crippen molar-refractivity contribution in [3.63, 3.8) is 0 Å². The van der Waals surface area contributed by atoms with Crippen LogP contribution in [0.15, 0.2) is 41.3 Å². The molecule has 0 fully saturated rings. The number of hydrazine groups is 1. The summed E-state index contributed by atoms with van der Waals surface area (Å²) in [6, 6.07) is 4.09. The third kappa shape index (κ3) is 6.81. The number of hydrogen-bond donors (Lipinski definition) is 2. The number of nitrogens with one attached hydrogen (secondary N) is 2. The lowest BCUT2D eigenvalue weighted by Crippen LogP contribution is -2.43. The SMILES string of the molecule is O=C(Cn1nnc(-c2cc(Cl)cc(Cl)c2)n1)NNS(=O)(=O)c1cc(C(F)(F)F)cc(C(F)(F)F)c1. The number of halogens is 8. The van der Waals surface area contributed by atoms with Gasteiger partial charge in [0.25, 0.3) is 15.9 Å². The van der Waals surface area contributed by atoms with Crippen molar-refractivity contribution in [3.05, 3.63) is 57.6 Å². The Balaban J connectivity index is 1.74. The van der Waals surface area contributed by atoms with Crippen LogP contribution in [-0.2, 0) is 33.7 Å². The normalized spacial score (nSPS) is 12.6. The minimum atomic E-state index is -5.27. The molecule has 0 bridgehead atoms. The highest BCUT2D eigenvalue weighted by molar-refractivity contribution is 7.89. The van der Waals surface area contributed by atoms with Crippen LogP contribution in [0.5, 0.6) is 0 Å². The topological polar surface area (TPSA) is 119 Å². The zero-order valence-electron chi connectivity index (χ0n) is 16.6. The molecule has 188 valence electrons. The van der Waals surface area contributed by atoms with Crippen molar-refractivity contribution >= 4 is 39.1 Å². The number of rotatable bonds is 6. The lowest BCUT2D eigenvalue weighted by atomic mass is 10.1. The van der Waals surface area contributed by atoms with E-state index >= 15 is 0 Å². The average molecular weight is 563 g/mol. The highest BCUT2D eigenvalue weighted by Crippen LogP contribution is 2.37. The van der Waals surface area contributed by atoms with Crippen LogP contribution in [0.3, 0.4) is 0 Å². The van der Waals surface area contributed by atoms with Crippen molar-refractivity contribution in [1.29, 1.82) is 0 Å². The molecule has 1 aromatic heterocycles. The van der Waals surface area contributed by atoms with Gasteiger partial charge in [-0.3, -0.25) is 10.2 Å². The fourth-order valence-electron chi connectivity index (χ4n) is 2.54. The van der Waals surface area contributed by atoms with E-state index in [1.54, 1.807) is 5.43 Å². The molecule has 9 nitrogen and oxygen atoms in total. The fraction of sp³-hybridized carbons (Fsp3) is 0.176. The summed E-state index contributed by atoms with van der Waals surface area (Å²) >= 11 is 11.7. The number of hydrogen-bond acceptors (Lipinski definition) is 6. The Hall–Kier alpha value is -2.95. The highest BCUT2D eigenvalue weighted by Gasteiger charge is 2.38. The largest absolute Gasteiger partial charge is 0.416 e. The standard InChI is InChI=1S/C17H10Cl2F6N6O3S/c18-11-1-8(2-12(19)6-11)15-27-29-31(28-15)7-14(32)26-30-35(33,34)13-4-9(16(20,21)22)3-10(5-13)17(23,24)25/h1-6,30H,7H2,(H,26,32). The first-order valence-corrected chi connectivity index (χ1v) is 11.1. The predicted molar refractivity (Wildman–Crippen MR) is 108 cm³/mol. The van der Waals surface area contributed by atoms with Crippen molar-refractivity contribution in [2.45, 2.75) is 23.8 Å². The van der Waals surface area contributed by atoms with E-state index in [0.717, 1.165) is 4.80 Å². The maximum Gasteiger partial charge on any atom is 0.416 e. The Kier molecular flexibility index (Phi) is 7.31. The molecule has 2 aromatic carbocycles. The van der Waals surface area contributed by atoms with Crippen LogP contribution in [0.4, 0.5) is 26.3 Å². The van der Waals surface area contributed by atoms with E-state index in [0.29, 0.717) is 5.56 Å². The van der Waals surface area contributed by atoms with E-state index in [2.05, 4.69) is 15.4 Å². The summed E-state index contributed by atoms with van der Waals surface area (Å²) in [6.07, 6.45) is -10.5. The van der Waals surface area contributed by atoms with Gasteiger partial charge in [0.05, 0.1) is 16.0 Å². The zero-order valence-corrected chi connectivity index (χ0v) is 18.9. The Morgan fingerprint density at radius 2 is 1.46 bits per heavy atom. The second-order valence-corrected chi connectivity index (χ2v) is 9.25. The maximum atomic E-state index is 13.0. The van der Waals surface area contributed by atoms with Gasteiger partial charge in [0.15, 0.2) is 0 Å². The van der Waals surface area contributed by atoms with Crippen molar-refractivity contribution < 1.29 is 39.6 Å². The van der Waals surface area contributed by atoms with Gasteiger partial charge in [0, 0.05) is 15.6 Å². The number of tetrazole rings is 1. The van der Waals surface area contributed by atoms with E-state index < -0.39 is 50.9 Å². The van der Waals surface area contributed by atoms with Gasteiger partial charge in [-0.25, -0.2) is 8.42 Å². The van der Waals surface area contributed by atoms with Crippen molar-refractivity contribution in [2.75, 3.05) is 0 Å². The number of alkyl halides is 6. The van der Waals surface area contributed by atoms with E-state index in [1.807, 2.05) is 0 Å². The van der Waals surface area contributed by atoms with Gasteiger partial charge in [0.2, 0.25) is 5.82 Å². The Morgan fingerprint density at radius 1 is 0.914 bits per heavy atom. The van der Waals surface area contributed by atoms with Crippen LogP contribution >= 0.6 is 23.2 Å². The van der Waals surface area contributed by atoms with Crippen LogP contribution in [0.2, 0.25) is 10.0 Å². The molecule has 1 amide bonds. The Morgan fingerprint density at radius 3 is 1.97 bits per heavy atom. The molecular weight excluding hydrogens is 553 g/mol. The summed E-state index contributed by atoms with van der Waals surface area (Å²) in [7, 11) is -5.04. The average Bonchev–Trinajstić information content (AvgIpc) is 3.18. The second-order valence-electron chi connectivity index (χ2n) is 6.70. The van der Waals surface area contributed by atoms with E-state index in [-0.39, 0.29) is 34.1 Å². The zero-order chi connectivity index (χ0) is 26.2. The van der Waals surface area contributed by atoms with Crippen molar-refractivity contribution in [1.82, 2.24) is 30.5 Å². The van der Waals surface area contributed by atoms with Gasteiger partial charge in [-0.15, -0.1) is 15.0 Å². The molecule has 0 saturated carbocycles. The predicted octanol–water partition coefficient (Wildman–Crippen LogP) is 3.69. The lowest BCUT2D eigenvalue weighted by molar-refractivity contribution is -0.143. The molecule has 0 aliphatic heterocycles. The molecule has 18 heteroatoms. The van der Waals surface area contributed by atoms with Crippen molar-refractivity contribution in [2.24, 2.45) is 0 Å². The van der Waals surface area contributed by atoms with E-state index in [9.17, 15) is 39.6 Å². The number of aromatic nitrogens is 4. The molecule has 2 N–H and O–H groups in total. The van der Waals surface area contributed by atoms with Gasteiger partial charge in [-0.1, -0.05) is 23.2 Å². The van der Waals surface area contributed by atoms with E-state index in [4.69, 9.17) is 23.2 Å². The van der Waals surface area contributed by atoms with Crippen LogP contribution in [0.25, 0.3) is 11.4 Å². The van der Waals surface area contributed by atoms with Crippen LogP contribution in [0.1, 0.15) is 11.1 Å². The summed E-state index contributed by atoms with van der Waals surface area (Å²) in [5, 5.41) is 11.6. The first kappa shape index (κ1) is 26.7. The minimum Gasteiger partial charge on any atom is -0.276 e.